The summed E-state index contributed by atoms with van der Waals surface area (Å²) in [6.07, 6.45) is 0.333. The van der Waals surface area contributed by atoms with Crippen molar-refractivity contribution >= 4 is 32.4 Å². The van der Waals surface area contributed by atoms with Gasteiger partial charge < -0.3 is 9.67 Å². The number of hydrogen-bond acceptors (Lipinski definition) is 4. The molecule has 0 aliphatic heterocycles. The molecule has 0 saturated carbocycles. The Morgan fingerprint density at radius 2 is 1.96 bits per heavy atom. The van der Waals surface area contributed by atoms with E-state index in [1.807, 2.05) is 36.4 Å². The third-order valence-electron chi connectivity index (χ3n) is 3.72. The number of halogens is 1. The number of sulfonamides is 1. The number of imidazole rings is 1. The number of nitrogens with one attached hydrogen (secondary N) is 1. The fraction of sp³-hybridized carbons (Fsp3) is 0.188. The van der Waals surface area contributed by atoms with E-state index in [4.69, 9.17) is 11.6 Å². The van der Waals surface area contributed by atoms with Gasteiger partial charge in [0.25, 0.3) is 10.0 Å². The van der Waals surface area contributed by atoms with E-state index < -0.39 is 16.1 Å². The summed E-state index contributed by atoms with van der Waals surface area (Å²) < 4.78 is 28.2. The average Bonchev–Trinajstić information content (AvgIpc) is 2.92. The van der Waals surface area contributed by atoms with Gasteiger partial charge in [0, 0.05) is 19.8 Å². The van der Waals surface area contributed by atoms with Crippen LogP contribution in [-0.4, -0.2) is 29.6 Å². The number of rotatable bonds is 5. The van der Waals surface area contributed by atoms with Crippen LogP contribution >= 0.6 is 11.6 Å². The number of nitrogens with zero attached hydrogens (tertiary/aromatic N) is 2. The monoisotopic (exact) mass is 365 g/mol. The minimum Gasteiger partial charge on any atom is -0.387 e. The summed E-state index contributed by atoms with van der Waals surface area (Å²) in [7, 11) is -2.25. The maximum absolute atomic E-state index is 12.2. The maximum Gasteiger partial charge on any atom is 0.259 e. The number of fused-ring (bicyclic) bond motifs is 1. The minimum atomic E-state index is -3.84. The van der Waals surface area contributed by atoms with Crippen molar-refractivity contribution in [2.24, 2.45) is 7.05 Å². The molecule has 0 aliphatic carbocycles. The predicted octanol–water partition coefficient (Wildman–Crippen LogP) is 2.24. The molecule has 3 aromatic rings. The Balaban J connectivity index is 1.81. The first-order chi connectivity index (χ1) is 11.4. The lowest BCUT2D eigenvalue weighted by molar-refractivity contribution is 0.183. The summed E-state index contributed by atoms with van der Waals surface area (Å²) in [4.78, 5) is 3.78. The summed E-state index contributed by atoms with van der Waals surface area (Å²) in [5, 5.41) is 12.2. The number of aliphatic hydroxyl groups is 1. The molecule has 2 aromatic carbocycles. The lowest BCUT2D eigenvalue weighted by Gasteiger charge is -2.14. The van der Waals surface area contributed by atoms with Gasteiger partial charge in [0.15, 0.2) is 5.03 Å². The Morgan fingerprint density at radius 3 is 2.67 bits per heavy atom. The van der Waals surface area contributed by atoms with E-state index in [9.17, 15) is 13.5 Å². The van der Waals surface area contributed by atoms with Crippen LogP contribution in [0.2, 0.25) is 5.28 Å². The molecule has 0 saturated heterocycles. The van der Waals surface area contributed by atoms with Gasteiger partial charge in [0.1, 0.15) is 0 Å². The molecule has 1 atom stereocenters. The van der Waals surface area contributed by atoms with Crippen molar-refractivity contribution in [3.63, 3.8) is 0 Å². The highest BCUT2D eigenvalue weighted by molar-refractivity contribution is 7.89. The van der Waals surface area contributed by atoms with Crippen molar-refractivity contribution in [1.29, 1.82) is 0 Å². The number of aromatic nitrogens is 2. The van der Waals surface area contributed by atoms with Crippen LogP contribution < -0.4 is 4.72 Å². The molecule has 1 heterocycles. The highest BCUT2D eigenvalue weighted by Gasteiger charge is 2.21. The molecular formula is C16H16ClN3O3S. The van der Waals surface area contributed by atoms with E-state index in [0.29, 0.717) is 5.56 Å². The Hall–Kier alpha value is -1.93. The lowest BCUT2D eigenvalue weighted by Crippen LogP contribution is -2.29. The summed E-state index contributed by atoms with van der Waals surface area (Å²) in [5.74, 6) is 0. The molecule has 3 rings (SSSR count). The number of benzene rings is 2. The van der Waals surface area contributed by atoms with Gasteiger partial charge in [-0.1, -0.05) is 42.5 Å². The van der Waals surface area contributed by atoms with Gasteiger partial charge in [0.2, 0.25) is 5.28 Å². The first kappa shape index (κ1) is 16.9. The van der Waals surface area contributed by atoms with Gasteiger partial charge in [-0.3, -0.25) is 0 Å². The molecule has 1 unspecified atom stereocenters. The second-order valence-corrected chi connectivity index (χ2v) is 7.45. The first-order valence-corrected chi connectivity index (χ1v) is 9.09. The standard InChI is InChI=1S/C16H16ClN3O3S/c1-20-10-15(19-16(20)17)24(22,23)18-9-14(21)13-8-4-6-11-5-2-3-7-12(11)13/h2-8,10,14,18,21H,9H2,1H3. The third kappa shape index (κ3) is 3.29. The Labute approximate surface area is 144 Å². The molecule has 0 fully saturated rings. The summed E-state index contributed by atoms with van der Waals surface area (Å²) >= 11 is 5.77. The normalized spacial score (nSPS) is 13.3. The third-order valence-corrected chi connectivity index (χ3v) is 5.37. The van der Waals surface area contributed by atoms with Crippen molar-refractivity contribution in [2.75, 3.05) is 6.54 Å². The molecule has 8 heteroatoms. The molecular weight excluding hydrogens is 350 g/mol. The molecule has 126 valence electrons. The Morgan fingerprint density at radius 1 is 1.25 bits per heavy atom. The molecule has 24 heavy (non-hydrogen) atoms. The quantitative estimate of drug-likeness (QED) is 0.726. The van der Waals surface area contributed by atoms with Crippen LogP contribution in [-0.2, 0) is 17.1 Å². The van der Waals surface area contributed by atoms with E-state index in [0.717, 1.165) is 10.8 Å². The van der Waals surface area contributed by atoms with Gasteiger partial charge in [-0.05, 0) is 27.9 Å². The van der Waals surface area contributed by atoms with Crippen LogP contribution in [0.5, 0.6) is 0 Å². The van der Waals surface area contributed by atoms with Crippen molar-refractivity contribution in [3.05, 3.63) is 59.5 Å². The first-order valence-electron chi connectivity index (χ1n) is 7.23. The number of aliphatic hydroxyl groups excluding tert-OH is 1. The lowest BCUT2D eigenvalue weighted by atomic mass is 10.0. The smallest absolute Gasteiger partial charge is 0.259 e. The van der Waals surface area contributed by atoms with Gasteiger partial charge in [0.05, 0.1) is 6.10 Å². The molecule has 1 aromatic heterocycles. The fourth-order valence-electron chi connectivity index (χ4n) is 2.46. The zero-order valence-corrected chi connectivity index (χ0v) is 14.4. The molecule has 0 spiro atoms. The van der Waals surface area contributed by atoms with Crippen molar-refractivity contribution in [3.8, 4) is 0 Å². The Bertz CT molecular complexity index is 960. The number of hydrogen-bond donors (Lipinski definition) is 2. The predicted molar refractivity (Wildman–Crippen MR) is 92.3 cm³/mol. The summed E-state index contributed by atoms with van der Waals surface area (Å²) in [5.41, 5.74) is 0.662. The van der Waals surface area contributed by atoms with E-state index in [1.54, 1.807) is 13.1 Å². The summed E-state index contributed by atoms with van der Waals surface area (Å²) in [6.45, 7) is -0.162. The van der Waals surface area contributed by atoms with E-state index in [2.05, 4.69) is 9.71 Å². The molecule has 0 bridgehead atoms. The summed E-state index contributed by atoms with van der Waals surface area (Å²) in [6, 6.07) is 13.1. The van der Waals surface area contributed by atoms with Crippen molar-refractivity contribution in [2.45, 2.75) is 11.1 Å². The van der Waals surface area contributed by atoms with Gasteiger partial charge >= 0.3 is 0 Å². The average molecular weight is 366 g/mol. The Kier molecular flexibility index (Phi) is 4.60. The van der Waals surface area contributed by atoms with Crippen LogP contribution in [0, 0.1) is 0 Å². The van der Waals surface area contributed by atoms with Crippen LogP contribution in [0.1, 0.15) is 11.7 Å². The molecule has 6 nitrogen and oxygen atoms in total. The fourth-order valence-corrected chi connectivity index (χ4v) is 3.68. The minimum absolute atomic E-state index is 0.0741. The van der Waals surface area contributed by atoms with Crippen molar-refractivity contribution in [1.82, 2.24) is 14.3 Å². The molecule has 0 aliphatic rings. The highest BCUT2D eigenvalue weighted by Crippen LogP contribution is 2.24. The second kappa shape index (κ2) is 6.52. The largest absolute Gasteiger partial charge is 0.387 e. The van der Waals surface area contributed by atoms with E-state index in [-0.39, 0.29) is 16.9 Å². The second-order valence-electron chi connectivity index (χ2n) is 5.40. The SMILES string of the molecule is Cn1cc(S(=O)(=O)NCC(O)c2cccc3ccccc23)nc1Cl. The van der Waals surface area contributed by atoms with Crippen LogP contribution in [0.4, 0.5) is 0 Å². The van der Waals surface area contributed by atoms with Crippen LogP contribution in [0.3, 0.4) is 0 Å². The molecule has 0 radical (unpaired) electrons. The zero-order valence-electron chi connectivity index (χ0n) is 12.8. The van der Waals surface area contributed by atoms with Crippen LogP contribution in [0.15, 0.2) is 53.7 Å². The molecule has 0 amide bonds. The highest BCUT2D eigenvalue weighted by atomic mass is 35.5. The van der Waals surface area contributed by atoms with Gasteiger partial charge in [-0.15, -0.1) is 0 Å². The topological polar surface area (TPSA) is 84.2 Å². The zero-order chi connectivity index (χ0) is 17.3. The van der Waals surface area contributed by atoms with Crippen LogP contribution in [0.25, 0.3) is 10.8 Å². The van der Waals surface area contributed by atoms with E-state index >= 15 is 0 Å². The maximum atomic E-state index is 12.2. The van der Waals surface area contributed by atoms with Gasteiger partial charge in [-0.25, -0.2) is 18.1 Å². The molecule has 2 N–H and O–H groups in total. The number of aryl methyl sites for hydroxylation is 1. The van der Waals surface area contributed by atoms with E-state index in [1.165, 1.54) is 10.8 Å². The van der Waals surface area contributed by atoms with Crippen molar-refractivity contribution < 1.29 is 13.5 Å². The van der Waals surface area contributed by atoms with Gasteiger partial charge in [-0.2, -0.15) is 0 Å².